The lowest BCUT2D eigenvalue weighted by atomic mass is 10.0. The van der Waals surface area contributed by atoms with E-state index in [9.17, 15) is 8.78 Å². The van der Waals surface area contributed by atoms with E-state index in [0.717, 1.165) is 16.7 Å². The fraction of sp³-hybridized carbons (Fsp3) is 0.467. The van der Waals surface area contributed by atoms with Gasteiger partial charge in [0, 0.05) is 11.8 Å². The number of benzene rings is 1. The summed E-state index contributed by atoms with van der Waals surface area (Å²) in [7, 11) is 0. The molecular formula is C15H19F2N3O2. The van der Waals surface area contributed by atoms with E-state index in [0.29, 0.717) is 5.71 Å². The molecule has 1 saturated heterocycles. The molecular weight excluding hydrogens is 292 g/mol. The number of alkyl halides is 2. The Morgan fingerprint density at radius 2 is 2.05 bits per heavy atom. The molecule has 1 aliphatic heterocycles. The van der Waals surface area contributed by atoms with Crippen molar-refractivity contribution in [1.29, 1.82) is 0 Å². The van der Waals surface area contributed by atoms with Crippen LogP contribution in [0, 0.1) is 13.8 Å². The van der Waals surface area contributed by atoms with Gasteiger partial charge in [0.1, 0.15) is 18.9 Å². The highest BCUT2D eigenvalue weighted by molar-refractivity contribution is 6.38. The van der Waals surface area contributed by atoms with Crippen molar-refractivity contribution in [2.75, 3.05) is 19.8 Å². The Kier molecular flexibility index (Phi) is 5.20. The molecule has 1 aromatic carbocycles. The van der Waals surface area contributed by atoms with E-state index in [1.807, 2.05) is 32.0 Å². The van der Waals surface area contributed by atoms with Crippen LogP contribution in [0.3, 0.4) is 0 Å². The average molecular weight is 311 g/mol. The summed E-state index contributed by atoms with van der Waals surface area (Å²) in [5.41, 5.74) is 3.55. The van der Waals surface area contributed by atoms with Crippen molar-refractivity contribution in [3.8, 4) is 0 Å². The number of nitrogens with two attached hydrogens (primary N) is 1. The maximum Gasteiger partial charge on any atom is 0.293 e. The van der Waals surface area contributed by atoms with E-state index >= 15 is 0 Å². The van der Waals surface area contributed by atoms with Crippen molar-refractivity contribution in [2.24, 2.45) is 15.9 Å². The third-order valence-corrected chi connectivity index (χ3v) is 3.23. The summed E-state index contributed by atoms with van der Waals surface area (Å²) in [4.78, 5) is 4.12. The molecule has 1 aliphatic rings. The summed E-state index contributed by atoms with van der Waals surface area (Å²) in [5, 5.41) is 3.72. The average Bonchev–Trinajstić information content (AvgIpc) is 2.46. The number of halogens is 2. The zero-order valence-electron chi connectivity index (χ0n) is 12.6. The fourth-order valence-corrected chi connectivity index (χ4v) is 2.12. The van der Waals surface area contributed by atoms with Crippen LogP contribution in [0.2, 0.25) is 0 Å². The molecule has 0 radical (unpaired) electrons. The van der Waals surface area contributed by atoms with Gasteiger partial charge in [-0.3, -0.25) is 4.99 Å². The number of rotatable bonds is 4. The standard InChI is InChI=1S/C15H19F2N3O2/c1-10-3-4-12(11(2)5-10)13(20-18)6-19-7-14-21-8-15(16,17)9-22-14/h3-6,14H,7-9,18H2,1-2H3/b19-6?,20-13+. The Labute approximate surface area is 127 Å². The number of ether oxygens (including phenoxy) is 2. The zero-order chi connectivity index (χ0) is 16.2. The quantitative estimate of drug-likeness (QED) is 0.525. The van der Waals surface area contributed by atoms with Crippen molar-refractivity contribution in [1.82, 2.24) is 0 Å². The number of aryl methyl sites for hydroxylation is 2. The van der Waals surface area contributed by atoms with Crippen LogP contribution in [-0.4, -0.2) is 43.9 Å². The van der Waals surface area contributed by atoms with Crippen LogP contribution in [0.5, 0.6) is 0 Å². The maximum absolute atomic E-state index is 12.9. The van der Waals surface area contributed by atoms with Gasteiger partial charge in [-0.15, -0.1) is 0 Å². The van der Waals surface area contributed by atoms with Gasteiger partial charge in [-0.05, 0) is 19.4 Å². The lowest BCUT2D eigenvalue weighted by Gasteiger charge is -2.27. The number of aliphatic imine (C=N–C) groups is 1. The molecule has 1 aromatic rings. The summed E-state index contributed by atoms with van der Waals surface area (Å²) in [6.07, 6.45) is 0.728. The highest BCUT2D eigenvalue weighted by Crippen LogP contribution is 2.21. The van der Waals surface area contributed by atoms with Crippen LogP contribution in [0.25, 0.3) is 0 Å². The molecule has 120 valence electrons. The van der Waals surface area contributed by atoms with Crippen LogP contribution in [0.15, 0.2) is 28.3 Å². The van der Waals surface area contributed by atoms with E-state index in [1.54, 1.807) is 0 Å². The second kappa shape index (κ2) is 6.93. The second-order valence-electron chi connectivity index (χ2n) is 5.23. The highest BCUT2D eigenvalue weighted by atomic mass is 19.3. The number of nitrogens with zero attached hydrogens (tertiary/aromatic N) is 2. The summed E-state index contributed by atoms with van der Waals surface area (Å²) in [6, 6.07) is 5.89. The van der Waals surface area contributed by atoms with Crippen molar-refractivity contribution in [2.45, 2.75) is 26.1 Å². The first kappa shape index (κ1) is 16.5. The molecule has 0 bridgehead atoms. The topological polar surface area (TPSA) is 69.2 Å². The molecule has 0 saturated carbocycles. The van der Waals surface area contributed by atoms with Gasteiger partial charge in [0.2, 0.25) is 0 Å². The third-order valence-electron chi connectivity index (χ3n) is 3.23. The molecule has 2 rings (SSSR count). The van der Waals surface area contributed by atoms with Gasteiger partial charge in [0.25, 0.3) is 5.92 Å². The SMILES string of the molecule is Cc1ccc(/C(C=NCC2OCC(F)(F)CO2)=N/N)c(C)c1. The maximum atomic E-state index is 12.9. The molecule has 0 amide bonds. The van der Waals surface area contributed by atoms with E-state index in [4.69, 9.17) is 15.3 Å². The first-order valence-electron chi connectivity index (χ1n) is 6.88. The van der Waals surface area contributed by atoms with Gasteiger partial charge in [0.05, 0.1) is 6.54 Å². The number of hydrogen-bond acceptors (Lipinski definition) is 5. The van der Waals surface area contributed by atoms with Gasteiger partial charge in [-0.2, -0.15) is 5.10 Å². The predicted molar refractivity (Wildman–Crippen MR) is 80.6 cm³/mol. The molecule has 7 heteroatoms. The predicted octanol–water partition coefficient (Wildman–Crippen LogP) is 2.05. The lowest BCUT2D eigenvalue weighted by molar-refractivity contribution is -0.262. The van der Waals surface area contributed by atoms with Crippen LogP contribution in [0.4, 0.5) is 8.78 Å². The van der Waals surface area contributed by atoms with Gasteiger partial charge in [-0.25, -0.2) is 8.78 Å². The monoisotopic (exact) mass is 311 g/mol. The molecule has 0 spiro atoms. The second-order valence-corrected chi connectivity index (χ2v) is 5.23. The zero-order valence-corrected chi connectivity index (χ0v) is 12.6. The number of hydrazone groups is 1. The van der Waals surface area contributed by atoms with Gasteiger partial charge in [-0.1, -0.05) is 23.8 Å². The Bertz CT molecular complexity index is 578. The smallest absolute Gasteiger partial charge is 0.293 e. The first-order valence-corrected chi connectivity index (χ1v) is 6.88. The summed E-state index contributed by atoms with van der Waals surface area (Å²) in [6.45, 7) is 2.76. The Hall–Kier alpha value is -1.86. The minimum absolute atomic E-state index is 0.111. The molecule has 0 aliphatic carbocycles. The summed E-state index contributed by atoms with van der Waals surface area (Å²) < 4.78 is 35.5. The minimum Gasteiger partial charge on any atom is -0.344 e. The van der Waals surface area contributed by atoms with Crippen LogP contribution in [-0.2, 0) is 9.47 Å². The molecule has 0 aromatic heterocycles. The van der Waals surface area contributed by atoms with Crippen molar-refractivity contribution in [3.63, 3.8) is 0 Å². The Morgan fingerprint density at radius 1 is 1.36 bits per heavy atom. The Balaban J connectivity index is 1.96. The van der Waals surface area contributed by atoms with Crippen LogP contribution in [0.1, 0.15) is 16.7 Å². The largest absolute Gasteiger partial charge is 0.344 e. The molecule has 0 unspecified atom stereocenters. The van der Waals surface area contributed by atoms with E-state index in [-0.39, 0.29) is 6.54 Å². The summed E-state index contributed by atoms with van der Waals surface area (Å²) in [5.74, 6) is 2.47. The van der Waals surface area contributed by atoms with Crippen molar-refractivity contribution in [3.05, 3.63) is 34.9 Å². The minimum atomic E-state index is -2.93. The van der Waals surface area contributed by atoms with Gasteiger partial charge < -0.3 is 15.3 Å². The molecule has 1 fully saturated rings. The molecule has 22 heavy (non-hydrogen) atoms. The number of hydrogen-bond donors (Lipinski definition) is 1. The normalized spacial score (nSPS) is 19.7. The fourth-order valence-electron chi connectivity index (χ4n) is 2.12. The van der Waals surface area contributed by atoms with Crippen molar-refractivity contribution >= 4 is 11.9 Å². The molecule has 0 atom stereocenters. The van der Waals surface area contributed by atoms with Crippen LogP contribution >= 0.6 is 0 Å². The van der Waals surface area contributed by atoms with Gasteiger partial charge >= 0.3 is 0 Å². The summed E-state index contributed by atoms with van der Waals surface area (Å²) >= 11 is 0. The highest BCUT2D eigenvalue weighted by Gasteiger charge is 2.36. The Morgan fingerprint density at radius 3 is 2.64 bits per heavy atom. The van der Waals surface area contributed by atoms with Gasteiger partial charge in [0.15, 0.2) is 6.29 Å². The van der Waals surface area contributed by atoms with Crippen molar-refractivity contribution < 1.29 is 18.3 Å². The van der Waals surface area contributed by atoms with E-state index in [1.165, 1.54) is 6.21 Å². The van der Waals surface area contributed by atoms with Crippen LogP contribution < -0.4 is 5.84 Å². The lowest BCUT2D eigenvalue weighted by Crippen LogP contribution is -2.41. The molecule has 2 N–H and O–H groups in total. The molecule has 5 nitrogen and oxygen atoms in total. The van der Waals surface area contributed by atoms with E-state index in [2.05, 4.69) is 10.1 Å². The first-order chi connectivity index (χ1) is 10.4. The third kappa shape index (κ3) is 4.32. The molecule has 1 heterocycles. The van der Waals surface area contributed by atoms with E-state index < -0.39 is 25.4 Å².